The van der Waals surface area contributed by atoms with Gasteiger partial charge in [0.2, 0.25) is 0 Å². The fourth-order valence-corrected chi connectivity index (χ4v) is 2.29. The van der Waals surface area contributed by atoms with E-state index in [-0.39, 0.29) is 5.78 Å². The predicted molar refractivity (Wildman–Crippen MR) is 71.3 cm³/mol. The van der Waals surface area contributed by atoms with Gasteiger partial charge in [0.15, 0.2) is 5.78 Å². The van der Waals surface area contributed by atoms with Crippen molar-refractivity contribution in [1.29, 1.82) is 0 Å². The average molecular weight is 228 g/mol. The lowest BCUT2D eigenvalue weighted by Gasteiger charge is -2.10. The Morgan fingerprint density at radius 1 is 1.00 bits per heavy atom. The zero-order valence-corrected chi connectivity index (χ0v) is 10.5. The summed E-state index contributed by atoms with van der Waals surface area (Å²) in [5, 5.41) is 0. The van der Waals surface area contributed by atoms with Gasteiger partial charge < -0.3 is 0 Å². The first-order valence-corrected chi connectivity index (χ1v) is 6.58. The summed E-state index contributed by atoms with van der Waals surface area (Å²) in [7, 11) is 0. The normalized spacial score (nSPS) is 19.9. The molecule has 0 amide bonds. The average Bonchev–Trinajstić information content (AvgIpc) is 2.29. The van der Waals surface area contributed by atoms with Crippen molar-refractivity contribution in [2.75, 3.05) is 0 Å². The molecule has 0 saturated heterocycles. The minimum absolute atomic E-state index is 0.229. The van der Waals surface area contributed by atoms with Crippen LogP contribution in [0, 0.1) is 6.92 Å². The van der Waals surface area contributed by atoms with Gasteiger partial charge in [-0.05, 0) is 38.2 Å². The molecule has 90 valence electrons. The van der Waals surface area contributed by atoms with E-state index in [1.54, 1.807) is 0 Å². The molecule has 0 bridgehead atoms. The number of aryl methyl sites for hydroxylation is 1. The molecule has 0 saturated carbocycles. The van der Waals surface area contributed by atoms with Crippen LogP contribution in [0.5, 0.6) is 0 Å². The van der Waals surface area contributed by atoms with Gasteiger partial charge in [-0.3, -0.25) is 4.79 Å². The van der Waals surface area contributed by atoms with Crippen LogP contribution >= 0.6 is 0 Å². The van der Waals surface area contributed by atoms with Gasteiger partial charge in [-0.25, -0.2) is 0 Å². The molecule has 1 aromatic carbocycles. The quantitative estimate of drug-likeness (QED) is 0.683. The Labute approximate surface area is 104 Å². The molecule has 0 aromatic heterocycles. The lowest BCUT2D eigenvalue weighted by molar-refractivity contribution is 0.102. The maximum absolute atomic E-state index is 12.3. The number of Topliss-reactive ketones (excluding diaryl/α,β-unsaturated/α-hetero) is 1. The summed E-state index contributed by atoms with van der Waals surface area (Å²) < 4.78 is 0. The number of carbonyl (C=O) groups is 1. The van der Waals surface area contributed by atoms with Crippen molar-refractivity contribution in [3.05, 3.63) is 47.0 Å². The molecule has 0 unspecified atom stereocenters. The molecule has 1 aliphatic rings. The highest BCUT2D eigenvalue weighted by Gasteiger charge is 2.12. The van der Waals surface area contributed by atoms with E-state index in [0.29, 0.717) is 0 Å². The third-order valence-electron chi connectivity index (χ3n) is 3.40. The molecule has 0 atom stereocenters. The second-order valence-corrected chi connectivity index (χ2v) is 4.88. The number of rotatable bonds is 2. The largest absolute Gasteiger partial charge is 0.289 e. The van der Waals surface area contributed by atoms with Gasteiger partial charge in [-0.2, -0.15) is 0 Å². The van der Waals surface area contributed by atoms with Gasteiger partial charge in [0.05, 0.1) is 0 Å². The van der Waals surface area contributed by atoms with Crippen LogP contribution < -0.4 is 0 Å². The van der Waals surface area contributed by atoms with Gasteiger partial charge in [0, 0.05) is 5.56 Å². The topological polar surface area (TPSA) is 17.1 Å². The standard InChI is InChI=1S/C16H20O/c1-13-9-11-15(12-10-13)16(17)14-7-5-3-2-4-6-8-14/h7,9-12H,2-6,8H2,1H3/b14-7+. The fraction of sp³-hybridized carbons (Fsp3) is 0.438. The van der Waals surface area contributed by atoms with Crippen molar-refractivity contribution < 1.29 is 4.79 Å². The fourth-order valence-electron chi connectivity index (χ4n) is 2.29. The molecule has 0 radical (unpaired) electrons. The van der Waals surface area contributed by atoms with Crippen LogP contribution in [-0.4, -0.2) is 5.78 Å². The molecule has 1 heteroatoms. The monoisotopic (exact) mass is 228 g/mol. The summed E-state index contributed by atoms with van der Waals surface area (Å²) in [5.41, 5.74) is 3.06. The van der Waals surface area contributed by atoms with Crippen LogP contribution in [0.25, 0.3) is 0 Å². The van der Waals surface area contributed by atoms with Crippen LogP contribution in [0.15, 0.2) is 35.9 Å². The first kappa shape index (κ1) is 12.1. The minimum atomic E-state index is 0.229. The van der Waals surface area contributed by atoms with Crippen molar-refractivity contribution in [1.82, 2.24) is 0 Å². The summed E-state index contributed by atoms with van der Waals surface area (Å²) in [6, 6.07) is 7.90. The number of allylic oxidation sites excluding steroid dienone is 2. The summed E-state index contributed by atoms with van der Waals surface area (Å²) in [6.45, 7) is 2.04. The SMILES string of the molecule is Cc1ccc(C(=O)/C2=C/CCCCCC2)cc1. The van der Waals surface area contributed by atoms with Crippen LogP contribution in [0.2, 0.25) is 0 Å². The van der Waals surface area contributed by atoms with Crippen molar-refractivity contribution in [2.45, 2.75) is 45.4 Å². The van der Waals surface area contributed by atoms with E-state index in [1.807, 2.05) is 31.2 Å². The Morgan fingerprint density at radius 3 is 2.47 bits per heavy atom. The van der Waals surface area contributed by atoms with E-state index in [2.05, 4.69) is 6.08 Å². The molecular formula is C16H20O. The zero-order chi connectivity index (χ0) is 12.1. The summed E-state index contributed by atoms with van der Waals surface area (Å²) in [6.07, 6.45) is 9.12. The lowest BCUT2D eigenvalue weighted by Crippen LogP contribution is -2.05. The minimum Gasteiger partial charge on any atom is -0.289 e. The molecule has 1 nitrogen and oxygen atoms in total. The molecule has 1 aliphatic carbocycles. The molecule has 0 fully saturated rings. The molecular weight excluding hydrogens is 208 g/mol. The number of carbonyl (C=O) groups excluding carboxylic acids is 1. The third kappa shape index (κ3) is 3.29. The third-order valence-corrected chi connectivity index (χ3v) is 3.40. The Morgan fingerprint density at radius 2 is 1.71 bits per heavy atom. The Balaban J connectivity index is 2.15. The molecule has 0 N–H and O–H groups in total. The molecule has 1 aromatic rings. The van der Waals surface area contributed by atoms with Crippen molar-refractivity contribution in [3.63, 3.8) is 0 Å². The first-order valence-electron chi connectivity index (χ1n) is 6.58. The van der Waals surface area contributed by atoms with Gasteiger partial charge >= 0.3 is 0 Å². The number of hydrogen-bond donors (Lipinski definition) is 0. The lowest BCUT2D eigenvalue weighted by atomic mass is 9.94. The maximum atomic E-state index is 12.3. The Bertz CT molecular complexity index is 412. The molecule has 17 heavy (non-hydrogen) atoms. The number of benzene rings is 1. The van der Waals surface area contributed by atoms with Crippen molar-refractivity contribution in [2.24, 2.45) is 0 Å². The predicted octanol–water partition coefficient (Wildman–Crippen LogP) is 4.46. The van der Waals surface area contributed by atoms with E-state index < -0.39 is 0 Å². The number of ketones is 1. The van der Waals surface area contributed by atoms with E-state index >= 15 is 0 Å². The van der Waals surface area contributed by atoms with Gasteiger partial charge in [-0.1, -0.05) is 48.7 Å². The smallest absolute Gasteiger partial charge is 0.188 e. The van der Waals surface area contributed by atoms with E-state index in [0.717, 1.165) is 30.4 Å². The summed E-state index contributed by atoms with van der Waals surface area (Å²) in [5.74, 6) is 0.229. The maximum Gasteiger partial charge on any atom is 0.188 e. The van der Waals surface area contributed by atoms with Crippen LogP contribution in [-0.2, 0) is 0 Å². The van der Waals surface area contributed by atoms with Crippen molar-refractivity contribution in [3.8, 4) is 0 Å². The van der Waals surface area contributed by atoms with E-state index in [4.69, 9.17) is 0 Å². The molecule has 0 aliphatic heterocycles. The first-order chi connectivity index (χ1) is 8.27. The van der Waals surface area contributed by atoms with Crippen LogP contribution in [0.4, 0.5) is 0 Å². The highest BCUT2D eigenvalue weighted by Crippen LogP contribution is 2.20. The molecule has 0 heterocycles. The highest BCUT2D eigenvalue weighted by atomic mass is 16.1. The van der Waals surface area contributed by atoms with Gasteiger partial charge in [-0.15, -0.1) is 0 Å². The highest BCUT2D eigenvalue weighted by molar-refractivity contribution is 6.08. The van der Waals surface area contributed by atoms with Crippen molar-refractivity contribution >= 4 is 5.78 Å². The Hall–Kier alpha value is -1.37. The van der Waals surface area contributed by atoms with Gasteiger partial charge in [0.25, 0.3) is 0 Å². The van der Waals surface area contributed by atoms with Gasteiger partial charge in [0.1, 0.15) is 0 Å². The molecule has 2 rings (SSSR count). The zero-order valence-electron chi connectivity index (χ0n) is 10.5. The van der Waals surface area contributed by atoms with Crippen LogP contribution in [0.1, 0.15) is 54.4 Å². The van der Waals surface area contributed by atoms with E-state index in [9.17, 15) is 4.79 Å². The number of hydrogen-bond acceptors (Lipinski definition) is 1. The second-order valence-electron chi connectivity index (χ2n) is 4.88. The van der Waals surface area contributed by atoms with E-state index in [1.165, 1.54) is 24.8 Å². The summed E-state index contributed by atoms with van der Waals surface area (Å²) in [4.78, 5) is 12.3. The molecule has 0 spiro atoms. The second kappa shape index (κ2) is 5.81. The Kier molecular flexibility index (Phi) is 4.13. The van der Waals surface area contributed by atoms with Crippen LogP contribution in [0.3, 0.4) is 0 Å². The summed E-state index contributed by atoms with van der Waals surface area (Å²) >= 11 is 0.